The number of esters is 1. The Kier molecular flexibility index (Phi) is 2.17. The molecule has 2 heterocycles. The number of hydrogen-bond donors (Lipinski definition) is 1. The highest BCUT2D eigenvalue weighted by atomic mass is 16.5. The van der Waals surface area contributed by atoms with Gasteiger partial charge in [-0.25, -0.2) is 14.8 Å². The Morgan fingerprint density at radius 2 is 2.27 bits per heavy atom. The third-order valence-electron chi connectivity index (χ3n) is 1.90. The number of carbonyl (C=O) groups is 1. The van der Waals surface area contributed by atoms with Gasteiger partial charge < -0.3 is 9.72 Å². The topological polar surface area (TPSA) is 84.9 Å². The summed E-state index contributed by atoms with van der Waals surface area (Å²) < 4.78 is 4.52. The summed E-state index contributed by atoms with van der Waals surface area (Å²) in [5, 5.41) is 0. The smallest absolute Gasteiger partial charge is 0.339 e. The molecule has 0 saturated heterocycles. The van der Waals surface area contributed by atoms with E-state index in [1.54, 1.807) is 0 Å². The molecule has 0 fully saturated rings. The van der Waals surface area contributed by atoms with Crippen molar-refractivity contribution in [3.63, 3.8) is 0 Å². The van der Waals surface area contributed by atoms with E-state index in [0.717, 1.165) is 0 Å². The van der Waals surface area contributed by atoms with E-state index in [0.29, 0.717) is 5.52 Å². The Labute approximate surface area is 83.9 Å². The van der Waals surface area contributed by atoms with E-state index in [1.807, 2.05) is 0 Å². The van der Waals surface area contributed by atoms with Gasteiger partial charge in [-0.1, -0.05) is 0 Å². The number of hydrogen-bond acceptors (Lipinski definition) is 5. The predicted octanol–water partition coefficient (Wildman–Crippen LogP) is 0.105. The van der Waals surface area contributed by atoms with Gasteiger partial charge in [-0.15, -0.1) is 0 Å². The zero-order chi connectivity index (χ0) is 10.8. The number of rotatable bonds is 1. The summed E-state index contributed by atoms with van der Waals surface area (Å²) in [6, 6.07) is 1.46. The molecule has 1 N–H and O–H groups in total. The second-order valence-corrected chi connectivity index (χ2v) is 2.81. The average molecular weight is 205 g/mol. The fraction of sp³-hybridized carbons (Fsp3) is 0.111. The number of ether oxygens (including phenoxy) is 1. The average Bonchev–Trinajstić information content (AvgIpc) is 2.28. The van der Waals surface area contributed by atoms with Crippen LogP contribution in [0.5, 0.6) is 0 Å². The van der Waals surface area contributed by atoms with Gasteiger partial charge in [0.1, 0.15) is 0 Å². The van der Waals surface area contributed by atoms with E-state index in [4.69, 9.17) is 0 Å². The fourth-order valence-electron chi connectivity index (χ4n) is 1.18. The summed E-state index contributed by atoms with van der Waals surface area (Å²) in [5.74, 6) is -0.508. The number of H-pyrrole nitrogens is 1. The molecule has 0 amide bonds. The van der Waals surface area contributed by atoms with E-state index in [2.05, 4.69) is 19.7 Å². The van der Waals surface area contributed by atoms with E-state index in [9.17, 15) is 9.59 Å². The Bertz CT molecular complexity index is 576. The lowest BCUT2D eigenvalue weighted by Gasteiger charge is -1.99. The van der Waals surface area contributed by atoms with Gasteiger partial charge in [0, 0.05) is 6.20 Å². The number of fused-ring (bicyclic) bond motifs is 1. The number of aromatic nitrogens is 3. The number of methoxy groups -OCH3 is 1. The van der Waals surface area contributed by atoms with Crippen LogP contribution in [0.4, 0.5) is 0 Å². The SMILES string of the molecule is COC(=O)c1cnc2c(=O)[nH]cnc2c1. The van der Waals surface area contributed by atoms with Crippen molar-refractivity contribution in [3.05, 3.63) is 34.5 Å². The van der Waals surface area contributed by atoms with Crippen molar-refractivity contribution >= 4 is 17.0 Å². The van der Waals surface area contributed by atoms with Crippen LogP contribution >= 0.6 is 0 Å². The lowest BCUT2D eigenvalue weighted by atomic mass is 10.2. The molecule has 0 aliphatic heterocycles. The van der Waals surface area contributed by atoms with Crippen LogP contribution in [0.3, 0.4) is 0 Å². The zero-order valence-electron chi connectivity index (χ0n) is 7.85. The summed E-state index contributed by atoms with van der Waals surface area (Å²) in [7, 11) is 1.28. The van der Waals surface area contributed by atoms with E-state index in [-0.39, 0.29) is 16.6 Å². The third kappa shape index (κ3) is 1.56. The summed E-state index contributed by atoms with van der Waals surface area (Å²) >= 11 is 0. The van der Waals surface area contributed by atoms with Crippen molar-refractivity contribution in [2.75, 3.05) is 7.11 Å². The molecule has 2 rings (SSSR count). The lowest BCUT2D eigenvalue weighted by molar-refractivity contribution is 0.0600. The molecule has 2 aromatic heterocycles. The van der Waals surface area contributed by atoms with Crippen molar-refractivity contribution < 1.29 is 9.53 Å². The fourth-order valence-corrected chi connectivity index (χ4v) is 1.18. The Morgan fingerprint density at radius 1 is 1.47 bits per heavy atom. The standard InChI is InChI=1S/C9H7N3O3/c1-15-9(14)5-2-6-7(10-3-5)8(13)12-4-11-6/h2-4H,1H3,(H,11,12,13). The van der Waals surface area contributed by atoms with Crippen LogP contribution in [-0.4, -0.2) is 28.0 Å². The van der Waals surface area contributed by atoms with Crippen molar-refractivity contribution in [1.29, 1.82) is 0 Å². The van der Waals surface area contributed by atoms with Crippen LogP contribution in [0.15, 0.2) is 23.4 Å². The van der Waals surface area contributed by atoms with Crippen LogP contribution in [0.25, 0.3) is 11.0 Å². The van der Waals surface area contributed by atoms with Crippen LogP contribution in [-0.2, 0) is 4.74 Å². The highest BCUT2D eigenvalue weighted by Crippen LogP contribution is 2.06. The predicted molar refractivity (Wildman–Crippen MR) is 51.5 cm³/mol. The first kappa shape index (κ1) is 9.32. The summed E-state index contributed by atoms with van der Waals surface area (Å²) in [4.78, 5) is 32.5. The molecular formula is C9H7N3O3. The number of pyridine rings is 1. The van der Waals surface area contributed by atoms with Crippen molar-refractivity contribution in [1.82, 2.24) is 15.0 Å². The number of carbonyl (C=O) groups excluding carboxylic acids is 1. The van der Waals surface area contributed by atoms with Gasteiger partial charge in [-0.3, -0.25) is 4.79 Å². The monoisotopic (exact) mass is 205 g/mol. The van der Waals surface area contributed by atoms with Gasteiger partial charge in [-0.2, -0.15) is 0 Å². The van der Waals surface area contributed by atoms with E-state index >= 15 is 0 Å². The molecule has 0 atom stereocenters. The molecule has 0 aliphatic rings. The Balaban J connectivity index is 2.67. The van der Waals surface area contributed by atoms with Gasteiger partial charge in [0.05, 0.1) is 24.5 Å². The van der Waals surface area contributed by atoms with Crippen molar-refractivity contribution in [2.24, 2.45) is 0 Å². The van der Waals surface area contributed by atoms with Gasteiger partial charge in [0.15, 0.2) is 5.52 Å². The molecule has 0 unspecified atom stereocenters. The Hall–Kier alpha value is -2.24. The van der Waals surface area contributed by atoms with Crippen LogP contribution in [0, 0.1) is 0 Å². The van der Waals surface area contributed by atoms with Crippen LogP contribution in [0.2, 0.25) is 0 Å². The number of nitrogens with one attached hydrogen (secondary N) is 1. The maximum Gasteiger partial charge on any atom is 0.339 e. The summed E-state index contributed by atoms with van der Waals surface area (Å²) in [6.45, 7) is 0. The maximum absolute atomic E-state index is 11.3. The van der Waals surface area contributed by atoms with Crippen LogP contribution in [0.1, 0.15) is 10.4 Å². The first-order valence-electron chi connectivity index (χ1n) is 4.14. The lowest BCUT2D eigenvalue weighted by Crippen LogP contribution is -2.10. The third-order valence-corrected chi connectivity index (χ3v) is 1.90. The second-order valence-electron chi connectivity index (χ2n) is 2.81. The number of aromatic amines is 1. The Morgan fingerprint density at radius 3 is 3.00 bits per heavy atom. The summed E-state index contributed by atoms with van der Waals surface area (Å²) in [5.41, 5.74) is 0.492. The molecule has 6 nitrogen and oxygen atoms in total. The highest BCUT2D eigenvalue weighted by molar-refractivity contribution is 5.92. The molecule has 0 saturated carbocycles. The first-order chi connectivity index (χ1) is 7.22. The quantitative estimate of drug-likeness (QED) is 0.667. The molecule has 6 heteroatoms. The maximum atomic E-state index is 11.3. The number of nitrogens with zero attached hydrogens (tertiary/aromatic N) is 2. The first-order valence-corrected chi connectivity index (χ1v) is 4.14. The van der Waals surface area contributed by atoms with Gasteiger partial charge in [0.25, 0.3) is 5.56 Å². The minimum Gasteiger partial charge on any atom is -0.465 e. The van der Waals surface area contributed by atoms with Gasteiger partial charge in [-0.05, 0) is 6.07 Å². The molecule has 76 valence electrons. The minimum absolute atomic E-state index is 0.199. The molecule has 15 heavy (non-hydrogen) atoms. The summed E-state index contributed by atoms with van der Waals surface area (Å²) in [6.07, 6.45) is 2.54. The van der Waals surface area contributed by atoms with E-state index < -0.39 is 5.97 Å². The van der Waals surface area contributed by atoms with Gasteiger partial charge >= 0.3 is 5.97 Å². The molecule has 0 aliphatic carbocycles. The van der Waals surface area contributed by atoms with Gasteiger partial charge in [0.2, 0.25) is 0 Å². The zero-order valence-corrected chi connectivity index (χ0v) is 7.85. The molecule has 2 aromatic rings. The largest absolute Gasteiger partial charge is 0.465 e. The normalized spacial score (nSPS) is 10.2. The highest BCUT2D eigenvalue weighted by Gasteiger charge is 2.08. The minimum atomic E-state index is -0.508. The van der Waals surface area contributed by atoms with Crippen molar-refractivity contribution in [3.8, 4) is 0 Å². The molecule has 0 bridgehead atoms. The molecule has 0 aromatic carbocycles. The van der Waals surface area contributed by atoms with E-state index in [1.165, 1.54) is 25.7 Å². The second kappa shape index (κ2) is 3.49. The molecule has 0 spiro atoms. The van der Waals surface area contributed by atoms with Crippen molar-refractivity contribution in [2.45, 2.75) is 0 Å². The molecule has 0 radical (unpaired) electrons. The molecular weight excluding hydrogens is 198 g/mol. The van der Waals surface area contributed by atoms with Crippen LogP contribution < -0.4 is 5.56 Å².